The summed E-state index contributed by atoms with van der Waals surface area (Å²) in [5.74, 6) is 0.339. The van der Waals surface area contributed by atoms with Crippen molar-refractivity contribution >= 4 is 22.7 Å². The van der Waals surface area contributed by atoms with Crippen molar-refractivity contribution in [3.63, 3.8) is 0 Å². The number of nitrogens with one attached hydrogen (secondary N) is 1. The molecule has 0 spiro atoms. The van der Waals surface area contributed by atoms with Crippen LogP contribution in [-0.2, 0) is 12.7 Å². The van der Waals surface area contributed by atoms with Crippen LogP contribution in [0, 0.1) is 6.92 Å². The molecule has 0 aliphatic carbocycles. The molecule has 3 aromatic heterocycles. The second-order valence-corrected chi connectivity index (χ2v) is 5.41. The highest BCUT2D eigenvalue weighted by Crippen LogP contribution is 2.30. The van der Waals surface area contributed by atoms with Crippen molar-refractivity contribution in [2.45, 2.75) is 19.6 Å². The lowest BCUT2D eigenvalue weighted by atomic mass is 10.3. The Bertz CT molecular complexity index is 777. The van der Waals surface area contributed by atoms with Crippen molar-refractivity contribution in [3.05, 3.63) is 40.2 Å². The molecule has 0 radical (unpaired) electrons. The van der Waals surface area contributed by atoms with Crippen LogP contribution in [0.5, 0.6) is 0 Å². The molecule has 0 atom stereocenters. The van der Waals surface area contributed by atoms with Gasteiger partial charge < -0.3 is 5.32 Å². The van der Waals surface area contributed by atoms with E-state index in [4.69, 9.17) is 0 Å². The van der Waals surface area contributed by atoms with Crippen LogP contribution in [0.25, 0.3) is 5.52 Å². The molecule has 9 heteroatoms. The minimum absolute atomic E-state index is 0.275. The fourth-order valence-corrected chi connectivity index (χ4v) is 2.47. The Labute approximate surface area is 121 Å². The number of aryl methyl sites for hydroxylation is 1. The maximum atomic E-state index is 12.7. The number of halogens is 3. The predicted molar refractivity (Wildman–Crippen MR) is 72.2 cm³/mol. The molecule has 0 amide bonds. The Kier molecular flexibility index (Phi) is 3.28. The molecule has 0 saturated heterocycles. The van der Waals surface area contributed by atoms with Crippen molar-refractivity contribution < 1.29 is 13.2 Å². The van der Waals surface area contributed by atoms with E-state index < -0.39 is 11.9 Å². The number of hydrogen-bond acceptors (Lipinski definition) is 5. The van der Waals surface area contributed by atoms with Crippen LogP contribution in [0.2, 0.25) is 0 Å². The third kappa shape index (κ3) is 2.82. The fraction of sp³-hybridized carbons (Fsp3) is 0.250. The van der Waals surface area contributed by atoms with E-state index in [2.05, 4.69) is 20.4 Å². The monoisotopic (exact) mass is 313 g/mol. The van der Waals surface area contributed by atoms with E-state index in [1.165, 1.54) is 23.7 Å². The summed E-state index contributed by atoms with van der Waals surface area (Å²) in [7, 11) is 0. The zero-order valence-electron chi connectivity index (χ0n) is 10.8. The molecular formula is C12H10F3N5S. The number of nitrogens with zero attached hydrogens (tertiary/aromatic N) is 4. The standard InChI is InChI=1S/C12H10F3N5S/c1-7-18-8(6-21-7)5-17-11-9-4-10(12(13,14)15)19-20(9)3-2-16-11/h2-4,6H,5H2,1H3,(H,16,17). The van der Waals surface area contributed by atoms with E-state index in [1.807, 2.05) is 12.3 Å². The molecule has 21 heavy (non-hydrogen) atoms. The van der Waals surface area contributed by atoms with Crippen LogP contribution in [0.4, 0.5) is 19.0 Å². The molecule has 0 fully saturated rings. The van der Waals surface area contributed by atoms with Crippen molar-refractivity contribution in [2.75, 3.05) is 5.32 Å². The molecule has 5 nitrogen and oxygen atoms in total. The summed E-state index contributed by atoms with van der Waals surface area (Å²) in [6, 6.07) is 0.974. The van der Waals surface area contributed by atoms with Crippen LogP contribution in [0.3, 0.4) is 0 Å². The summed E-state index contributed by atoms with van der Waals surface area (Å²) in [6.45, 7) is 2.28. The smallest absolute Gasteiger partial charge is 0.363 e. The topological polar surface area (TPSA) is 55.1 Å². The molecule has 0 aromatic carbocycles. The Morgan fingerprint density at radius 3 is 2.86 bits per heavy atom. The van der Waals surface area contributed by atoms with E-state index in [0.29, 0.717) is 12.4 Å². The second kappa shape index (κ2) is 4.99. The molecule has 0 saturated carbocycles. The van der Waals surface area contributed by atoms with Crippen molar-refractivity contribution in [3.8, 4) is 0 Å². The summed E-state index contributed by atoms with van der Waals surface area (Å²) in [5.41, 5.74) is 0.150. The third-order valence-electron chi connectivity index (χ3n) is 2.78. The first-order valence-electron chi connectivity index (χ1n) is 6.00. The van der Waals surface area contributed by atoms with Gasteiger partial charge in [0.15, 0.2) is 11.5 Å². The number of anilines is 1. The average molecular weight is 313 g/mol. The summed E-state index contributed by atoms with van der Waals surface area (Å²) >= 11 is 1.51. The van der Waals surface area contributed by atoms with E-state index in [9.17, 15) is 13.2 Å². The number of fused-ring (bicyclic) bond motifs is 1. The highest BCUT2D eigenvalue weighted by molar-refractivity contribution is 7.09. The lowest BCUT2D eigenvalue weighted by molar-refractivity contribution is -0.141. The number of aromatic nitrogens is 4. The zero-order chi connectivity index (χ0) is 15.0. The van der Waals surface area contributed by atoms with E-state index >= 15 is 0 Å². The van der Waals surface area contributed by atoms with Crippen LogP contribution >= 0.6 is 11.3 Å². The van der Waals surface area contributed by atoms with Gasteiger partial charge in [-0.15, -0.1) is 11.3 Å². The van der Waals surface area contributed by atoms with Gasteiger partial charge in [0.25, 0.3) is 0 Å². The number of thiazole rings is 1. The van der Waals surface area contributed by atoms with Crippen molar-refractivity contribution in [2.24, 2.45) is 0 Å². The number of rotatable bonds is 3. The highest BCUT2D eigenvalue weighted by atomic mass is 32.1. The third-order valence-corrected chi connectivity index (χ3v) is 3.61. The first-order chi connectivity index (χ1) is 9.93. The maximum Gasteiger partial charge on any atom is 0.435 e. The molecule has 1 N–H and O–H groups in total. The summed E-state index contributed by atoms with van der Waals surface area (Å²) in [4.78, 5) is 8.34. The van der Waals surface area contributed by atoms with Gasteiger partial charge in [0.2, 0.25) is 0 Å². The van der Waals surface area contributed by atoms with E-state index in [1.54, 1.807) is 0 Å². The van der Waals surface area contributed by atoms with Crippen LogP contribution in [0.1, 0.15) is 16.4 Å². The van der Waals surface area contributed by atoms with Gasteiger partial charge in [-0.05, 0) is 6.92 Å². The summed E-state index contributed by atoms with van der Waals surface area (Å²) in [5, 5.41) is 9.31. The molecule has 3 aromatic rings. The molecule has 110 valence electrons. The minimum atomic E-state index is -4.48. The first-order valence-corrected chi connectivity index (χ1v) is 6.88. The van der Waals surface area contributed by atoms with Crippen molar-refractivity contribution in [1.29, 1.82) is 0 Å². The van der Waals surface area contributed by atoms with Crippen LogP contribution in [-0.4, -0.2) is 19.6 Å². The van der Waals surface area contributed by atoms with Gasteiger partial charge in [0.05, 0.1) is 17.2 Å². The van der Waals surface area contributed by atoms with Gasteiger partial charge in [-0.25, -0.2) is 14.5 Å². The number of alkyl halides is 3. The quantitative estimate of drug-likeness (QED) is 0.807. The van der Waals surface area contributed by atoms with Gasteiger partial charge in [0, 0.05) is 23.8 Å². The SMILES string of the molecule is Cc1nc(CNc2nccn3nc(C(F)(F)F)cc23)cs1. The molecular weight excluding hydrogens is 303 g/mol. The van der Waals surface area contributed by atoms with Gasteiger partial charge in [0.1, 0.15) is 5.52 Å². The first kappa shape index (κ1) is 13.8. The Hall–Kier alpha value is -2.16. The van der Waals surface area contributed by atoms with Crippen molar-refractivity contribution in [1.82, 2.24) is 19.6 Å². The lowest BCUT2D eigenvalue weighted by Gasteiger charge is -2.04. The second-order valence-electron chi connectivity index (χ2n) is 4.34. The molecule has 0 aliphatic rings. The zero-order valence-corrected chi connectivity index (χ0v) is 11.7. The van der Waals surface area contributed by atoms with Crippen LogP contribution in [0.15, 0.2) is 23.8 Å². The average Bonchev–Trinajstić information content (AvgIpc) is 3.01. The minimum Gasteiger partial charge on any atom is -0.363 e. The van der Waals surface area contributed by atoms with E-state index in [-0.39, 0.29) is 5.52 Å². The fourth-order valence-electron chi connectivity index (χ4n) is 1.86. The van der Waals surface area contributed by atoms with Gasteiger partial charge in [-0.3, -0.25) is 0 Å². The Morgan fingerprint density at radius 1 is 1.38 bits per heavy atom. The molecule has 0 bridgehead atoms. The molecule has 3 heterocycles. The molecule has 0 aliphatic heterocycles. The van der Waals surface area contributed by atoms with Gasteiger partial charge >= 0.3 is 6.18 Å². The Morgan fingerprint density at radius 2 is 2.19 bits per heavy atom. The number of hydrogen-bond donors (Lipinski definition) is 1. The van der Waals surface area contributed by atoms with E-state index in [0.717, 1.165) is 21.3 Å². The summed E-state index contributed by atoms with van der Waals surface area (Å²) in [6.07, 6.45) is -1.70. The van der Waals surface area contributed by atoms with Crippen LogP contribution < -0.4 is 5.32 Å². The van der Waals surface area contributed by atoms with Gasteiger partial charge in [-0.2, -0.15) is 18.3 Å². The Balaban J connectivity index is 1.89. The molecule has 3 rings (SSSR count). The largest absolute Gasteiger partial charge is 0.435 e. The van der Waals surface area contributed by atoms with Gasteiger partial charge in [-0.1, -0.05) is 0 Å². The summed E-state index contributed by atoms with van der Waals surface area (Å²) < 4.78 is 39.2. The normalized spacial score (nSPS) is 12.0. The molecule has 0 unspecified atom stereocenters. The lowest BCUT2D eigenvalue weighted by Crippen LogP contribution is -2.05. The highest BCUT2D eigenvalue weighted by Gasteiger charge is 2.34. The predicted octanol–water partition coefficient (Wildman–Crippen LogP) is 3.13. The maximum absolute atomic E-state index is 12.7.